The highest BCUT2D eigenvalue weighted by atomic mass is 16.7. The number of para-hydroxylation sites is 1. The summed E-state index contributed by atoms with van der Waals surface area (Å²) in [5, 5.41) is 1.02. The molecular formula is C12H13N3O3. The number of hydrogen-bond donors (Lipinski definition) is 3. The van der Waals surface area contributed by atoms with Crippen LogP contribution in [0.3, 0.4) is 0 Å². The van der Waals surface area contributed by atoms with E-state index in [9.17, 15) is 9.59 Å². The van der Waals surface area contributed by atoms with Crippen molar-refractivity contribution in [3.63, 3.8) is 0 Å². The smallest absolute Gasteiger partial charge is 0.349 e. The van der Waals surface area contributed by atoms with E-state index in [1.54, 1.807) is 0 Å². The minimum Gasteiger partial charge on any atom is -0.361 e. The third-order valence-corrected chi connectivity index (χ3v) is 2.63. The van der Waals surface area contributed by atoms with E-state index in [2.05, 4.69) is 9.82 Å². The van der Waals surface area contributed by atoms with Crippen LogP contribution in [0.1, 0.15) is 5.56 Å². The van der Waals surface area contributed by atoms with Crippen molar-refractivity contribution < 1.29 is 14.4 Å². The van der Waals surface area contributed by atoms with Crippen molar-refractivity contribution in [1.82, 2.24) is 10.5 Å². The molecule has 2 rings (SSSR count). The Morgan fingerprint density at radius 1 is 1.50 bits per heavy atom. The summed E-state index contributed by atoms with van der Waals surface area (Å²) < 4.78 is 0. The van der Waals surface area contributed by atoms with Crippen molar-refractivity contribution >= 4 is 23.3 Å². The third-order valence-electron chi connectivity index (χ3n) is 2.63. The number of rotatable bonds is 5. The van der Waals surface area contributed by atoms with Gasteiger partial charge in [0.1, 0.15) is 6.04 Å². The predicted molar refractivity (Wildman–Crippen MR) is 65.3 cm³/mol. The minimum absolute atomic E-state index is 0.274. The highest BCUT2D eigenvalue weighted by Gasteiger charge is 2.17. The number of fused-ring (bicyclic) bond motifs is 1. The van der Waals surface area contributed by atoms with Crippen LogP contribution in [-0.2, 0) is 20.8 Å². The number of nitrogens with one attached hydrogen (secondary N) is 2. The Balaban J connectivity index is 2.09. The van der Waals surface area contributed by atoms with Crippen molar-refractivity contribution in [2.45, 2.75) is 12.5 Å². The van der Waals surface area contributed by atoms with Gasteiger partial charge in [-0.05, 0) is 11.6 Å². The SMILES string of the molecule is N[C@@H](Cc1c[nH]c2ccccc12)C(=O)ONC=O. The summed E-state index contributed by atoms with van der Waals surface area (Å²) in [6.07, 6.45) is 2.42. The number of hydroxylamine groups is 1. The highest BCUT2D eigenvalue weighted by molar-refractivity contribution is 5.84. The average Bonchev–Trinajstić information content (AvgIpc) is 2.79. The first-order valence-corrected chi connectivity index (χ1v) is 5.43. The van der Waals surface area contributed by atoms with Crippen molar-refractivity contribution in [2.75, 3.05) is 0 Å². The zero-order chi connectivity index (χ0) is 13.0. The lowest BCUT2D eigenvalue weighted by atomic mass is 10.1. The molecule has 0 aliphatic carbocycles. The van der Waals surface area contributed by atoms with Gasteiger partial charge in [0, 0.05) is 23.5 Å². The lowest BCUT2D eigenvalue weighted by Gasteiger charge is -2.08. The van der Waals surface area contributed by atoms with E-state index in [1.165, 1.54) is 0 Å². The van der Waals surface area contributed by atoms with E-state index in [1.807, 2.05) is 35.9 Å². The molecule has 0 unspecified atom stereocenters. The normalized spacial score (nSPS) is 12.1. The molecule has 1 aromatic heterocycles. The van der Waals surface area contributed by atoms with Gasteiger partial charge in [0.2, 0.25) is 6.41 Å². The van der Waals surface area contributed by atoms with Crippen LogP contribution < -0.4 is 11.2 Å². The molecular weight excluding hydrogens is 234 g/mol. The van der Waals surface area contributed by atoms with Crippen LogP contribution in [0.15, 0.2) is 30.5 Å². The van der Waals surface area contributed by atoms with Crippen molar-refractivity contribution in [1.29, 1.82) is 0 Å². The van der Waals surface area contributed by atoms with Crippen LogP contribution in [0.2, 0.25) is 0 Å². The number of hydrogen-bond acceptors (Lipinski definition) is 4. The Kier molecular flexibility index (Phi) is 3.59. The van der Waals surface area contributed by atoms with Gasteiger partial charge in [0.05, 0.1) is 0 Å². The maximum absolute atomic E-state index is 11.4. The first-order valence-electron chi connectivity index (χ1n) is 5.43. The molecule has 94 valence electrons. The second kappa shape index (κ2) is 5.33. The van der Waals surface area contributed by atoms with Crippen molar-refractivity contribution in [3.8, 4) is 0 Å². The molecule has 18 heavy (non-hydrogen) atoms. The largest absolute Gasteiger partial charge is 0.361 e. The van der Waals surface area contributed by atoms with Crippen LogP contribution in [0, 0.1) is 0 Å². The van der Waals surface area contributed by atoms with Crippen LogP contribution in [0.4, 0.5) is 0 Å². The Bertz CT molecular complexity index is 564. The zero-order valence-corrected chi connectivity index (χ0v) is 9.55. The van der Waals surface area contributed by atoms with Gasteiger partial charge in [-0.1, -0.05) is 18.2 Å². The van der Waals surface area contributed by atoms with E-state index >= 15 is 0 Å². The van der Waals surface area contributed by atoms with Gasteiger partial charge in [-0.25, -0.2) is 4.79 Å². The molecule has 1 aromatic carbocycles. The highest BCUT2D eigenvalue weighted by Crippen LogP contribution is 2.18. The topological polar surface area (TPSA) is 97.2 Å². The van der Waals surface area contributed by atoms with E-state index in [0.29, 0.717) is 6.42 Å². The fourth-order valence-electron chi connectivity index (χ4n) is 1.78. The number of benzene rings is 1. The number of nitrogens with two attached hydrogens (primary N) is 1. The first kappa shape index (κ1) is 12.1. The lowest BCUT2D eigenvalue weighted by molar-refractivity contribution is -0.155. The summed E-state index contributed by atoms with van der Waals surface area (Å²) in [5.41, 5.74) is 9.44. The molecule has 0 fully saturated rings. The van der Waals surface area contributed by atoms with E-state index in [-0.39, 0.29) is 6.41 Å². The number of amides is 1. The molecule has 0 saturated carbocycles. The summed E-state index contributed by atoms with van der Waals surface area (Å²) in [6.45, 7) is 0. The van der Waals surface area contributed by atoms with E-state index in [4.69, 9.17) is 5.73 Å². The summed E-state index contributed by atoms with van der Waals surface area (Å²) in [6, 6.07) is 6.90. The quantitative estimate of drug-likeness (QED) is 0.521. The summed E-state index contributed by atoms with van der Waals surface area (Å²) >= 11 is 0. The molecule has 2 aromatic rings. The third kappa shape index (κ3) is 2.49. The molecule has 0 saturated heterocycles. The van der Waals surface area contributed by atoms with Gasteiger partial charge in [-0.3, -0.25) is 4.79 Å². The second-order valence-electron chi connectivity index (χ2n) is 3.83. The predicted octanol–water partition coefficient (Wildman–Crippen LogP) is 0.242. The Morgan fingerprint density at radius 3 is 3.06 bits per heavy atom. The van der Waals surface area contributed by atoms with Gasteiger partial charge in [0.25, 0.3) is 0 Å². The molecule has 6 nitrogen and oxygen atoms in total. The summed E-state index contributed by atoms with van der Waals surface area (Å²) in [5.74, 6) is -0.674. The maximum atomic E-state index is 11.4. The molecule has 6 heteroatoms. The molecule has 1 heterocycles. The molecule has 1 amide bonds. The Hall–Kier alpha value is -2.34. The molecule has 0 spiro atoms. The van der Waals surface area contributed by atoms with Crippen LogP contribution in [-0.4, -0.2) is 23.4 Å². The molecule has 0 aliphatic rings. The van der Waals surface area contributed by atoms with Crippen LogP contribution in [0.5, 0.6) is 0 Å². The van der Waals surface area contributed by atoms with Gasteiger partial charge < -0.3 is 15.6 Å². The van der Waals surface area contributed by atoms with E-state index < -0.39 is 12.0 Å². The number of carbonyl (C=O) groups is 2. The molecule has 1 atom stereocenters. The van der Waals surface area contributed by atoms with Gasteiger partial charge in [0.15, 0.2) is 0 Å². The van der Waals surface area contributed by atoms with Gasteiger partial charge >= 0.3 is 5.97 Å². The standard InChI is InChI=1S/C12H13N3O3/c13-10(12(17)18-15-7-16)5-8-6-14-11-4-2-1-3-9(8)11/h1-4,6-7,10,14H,5,13H2,(H,15,16)/t10-/m0/s1. The first-order chi connectivity index (χ1) is 8.72. The fraction of sp³-hybridized carbons (Fsp3) is 0.167. The van der Waals surface area contributed by atoms with Crippen LogP contribution >= 0.6 is 0 Å². The zero-order valence-electron chi connectivity index (χ0n) is 9.55. The number of aromatic amines is 1. The number of carbonyl (C=O) groups excluding carboxylic acids is 2. The monoisotopic (exact) mass is 247 g/mol. The minimum atomic E-state index is -0.823. The summed E-state index contributed by atoms with van der Waals surface area (Å²) in [4.78, 5) is 28.9. The Morgan fingerprint density at radius 2 is 2.28 bits per heavy atom. The van der Waals surface area contributed by atoms with Gasteiger partial charge in [-0.15, -0.1) is 0 Å². The lowest BCUT2D eigenvalue weighted by Crippen LogP contribution is -2.37. The second-order valence-corrected chi connectivity index (χ2v) is 3.83. The molecule has 0 radical (unpaired) electrons. The fourth-order valence-corrected chi connectivity index (χ4v) is 1.78. The van der Waals surface area contributed by atoms with Crippen molar-refractivity contribution in [3.05, 3.63) is 36.0 Å². The Labute approximate surface area is 103 Å². The van der Waals surface area contributed by atoms with E-state index in [0.717, 1.165) is 16.5 Å². The number of aromatic nitrogens is 1. The molecule has 0 aliphatic heterocycles. The van der Waals surface area contributed by atoms with Crippen molar-refractivity contribution in [2.24, 2.45) is 5.73 Å². The maximum Gasteiger partial charge on any atom is 0.349 e. The van der Waals surface area contributed by atoms with Crippen LogP contribution in [0.25, 0.3) is 10.9 Å². The molecule has 0 bridgehead atoms. The summed E-state index contributed by atoms with van der Waals surface area (Å²) in [7, 11) is 0. The number of H-pyrrole nitrogens is 1. The van der Waals surface area contributed by atoms with Gasteiger partial charge in [-0.2, -0.15) is 5.48 Å². The average molecular weight is 247 g/mol. The molecule has 4 N–H and O–H groups in total.